The molecule has 2 N–H and O–H groups in total. The summed E-state index contributed by atoms with van der Waals surface area (Å²) in [6.45, 7) is 3.62. The van der Waals surface area contributed by atoms with Crippen LogP contribution in [0.25, 0.3) is 0 Å². The Balaban J connectivity index is 2.83. The zero-order chi connectivity index (χ0) is 10.6. The Morgan fingerprint density at radius 3 is 2.93 bits per heavy atom. The van der Waals surface area contributed by atoms with Crippen LogP contribution in [0.2, 0.25) is 0 Å². The van der Waals surface area contributed by atoms with Gasteiger partial charge in [-0.25, -0.2) is 4.39 Å². The lowest BCUT2D eigenvalue weighted by atomic mass is 10.0. The Labute approximate surface area is 91.9 Å². The largest absolute Gasteiger partial charge is 0.324 e. The quantitative estimate of drug-likeness (QED) is 0.821. The molecule has 1 atom stereocenters. The summed E-state index contributed by atoms with van der Waals surface area (Å²) in [6, 6.07) is 4.77. The first-order valence-corrected chi connectivity index (χ1v) is 5.26. The van der Waals surface area contributed by atoms with E-state index in [-0.39, 0.29) is 11.9 Å². The third-order valence-corrected chi connectivity index (χ3v) is 2.90. The van der Waals surface area contributed by atoms with Crippen molar-refractivity contribution in [2.75, 3.05) is 0 Å². The molecule has 1 aromatic carbocycles. The van der Waals surface area contributed by atoms with Crippen molar-refractivity contribution < 1.29 is 4.39 Å². The first-order chi connectivity index (χ1) is 6.66. The third-order valence-electron chi connectivity index (χ3n) is 2.06. The van der Waals surface area contributed by atoms with Gasteiger partial charge in [-0.1, -0.05) is 18.2 Å². The summed E-state index contributed by atoms with van der Waals surface area (Å²) in [5.74, 6) is -0.267. The van der Waals surface area contributed by atoms with Crippen molar-refractivity contribution in [2.45, 2.75) is 18.9 Å². The van der Waals surface area contributed by atoms with Gasteiger partial charge in [-0.05, 0) is 40.4 Å². The molecule has 0 aromatic heterocycles. The van der Waals surface area contributed by atoms with Gasteiger partial charge >= 0.3 is 0 Å². The summed E-state index contributed by atoms with van der Waals surface area (Å²) in [6.07, 6.45) is 3.43. The SMILES string of the molecule is C=CCC[C@@H](N)c1cccc(F)c1Br. The van der Waals surface area contributed by atoms with Crippen LogP contribution in [0.1, 0.15) is 24.4 Å². The lowest BCUT2D eigenvalue weighted by Gasteiger charge is -2.12. The van der Waals surface area contributed by atoms with Gasteiger partial charge in [-0.15, -0.1) is 6.58 Å². The molecule has 0 heterocycles. The maximum atomic E-state index is 13.1. The van der Waals surface area contributed by atoms with Crippen molar-refractivity contribution in [1.29, 1.82) is 0 Å². The van der Waals surface area contributed by atoms with Crippen LogP contribution in [0.3, 0.4) is 0 Å². The summed E-state index contributed by atoms with van der Waals surface area (Å²) >= 11 is 3.19. The van der Waals surface area contributed by atoms with E-state index in [4.69, 9.17) is 5.73 Å². The molecule has 0 saturated carbocycles. The Kier molecular flexibility index (Phi) is 4.29. The average Bonchev–Trinajstić information content (AvgIpc) is 2.18. The van der Waals surface area contributed by atoms with Crippen LogP contribution in [-0.2, 0) is 0 Å². The lowest BCUT2D eigenvalue weighted by molar-refractivity contribution is 0.603. The molecule has 0 spiro atoms. The number of benzene rings is 1. The average molecular weight is 258 g/mol. The van der Waals surface area contributed by atoms with Gasteiger partial charge in [-0.3, -0.25) is 0 Å². The smallest absolute Gasteiger partial charge is 0.137 e. The fourth-order valence-corrected chi connectivity index (χ4v) is 1.82. The lowest BCUT2D eigenvalue weighted by Crippen LogP contribution is -2.10. The first-order valence-electron chi connectivity index (χ1n) is 4.47. The standard InChI is InChI=1S/C11H13BrFN/c1-2-3-7-10(14)8-5-4-6-9(13)11(8)12/h2,4-6,10H,1,3,7,14H2/t10-/m1/s1. The number of allylic oxidation sites excluding steroid dienone is 1. The summed E-state index contributed by atoms with van der Waals surface area (Å²) in [5, 5.41) is 0. The van der Waals surface area contributed by atoms with Crippen molar-refractivity contribution in [3.8, 4) is 0 Å². The van der Waals surface area contributed by atoms with Crippen molar-refractivity contribution in [3.63, 3.8) is 0 Å². The van der Waals surface area contributed by atoms with E-state index in [1.807, 2.05) is 12.1 Å². The normalized spacial score (nSPS) is 12.5. The maximum absolute atomic E-state index is 13.1. The molecule has 1 nitrogen and oxygen atoms in total. The molecule has 14 heavy (non-hydrogen) atoms. The van der Waals surface area contributed by atoms with Gasteiger partial charge in [-0.2, -0.15) is 0 Å². The minimum absolute atomic E-state index is 0.141. The molecule has 0 bridgehead atoms. The highest BCUT2D eigenvalue weighted by atomic mass is 79.9. The molecule has 0 aliphatic rings. The van der Waals surface area contributed by atoms with Crippen LogP contribution >= 0.6 is 15.9 Å². The fourth-order valence-electron chi connectivity index (χ4n) is 1.26. The number of hydrogen-bond acceptors (Lipinski definition) is 1. The number of rotatable bonds is 4. The van der Waals surface area contributed by atoms with Gasteiger partial charge in [0, 0.05) is 6.04 Å². The predicted molar refractivity (Wildman–Crippen MR) is 60.5 cm³/mol. The van der Waals surface area contributed by atoms with E-state index in [0.717, 1.165) is 18.4 Å². The molecule has 76 valence electrons. The van der Waals surface area contributed by atoms with Gasteiger partial charge in [0.15, 0.2) is 0 Å². The van der Waals surface area contributed by atoms with Gasteiger partial charge in [0.1, 0.15) is 5.82 Å². The third kappa shape index (κ3) is 2.66. The molecule has 0 fully saturated rings. The van der Waals surface area contributed by atoms with Crippen LogP contribution < -0.4 is 5.73 Å². The van der Waals surface area contributed by atoms with Crippen LogP contribution in [0.5, 0.6) is 0 Å². The van der Waals surface area contributed by atoms with Crippen LogP contribution in [0.15, 0.2) is 35.3 Å². The summed E-state index contributed by atoms with van der Waals surface area (Å²) in [7, 11) is 0. The molecule has 1 rings (SSSR count). The van der Waals surface area contributed by atoms with Crippen molar-refractivity contribution >= 4 is 15.9 Å². The molecular formula is C11H13BrFN. The van der Waals surface area contributed by atoms with E-state index in [9.17, 15) is 4.39 Å². The molecule has 0 unspecified atom stereocenters. The second kappa shape index (κ2) is 5.27. The molecule has 0 saturated heterocycles. The van der Waals surface area contributed by atoms with Gasteiger partial charge in [0.05, 0.1) is 4.47 Å². The second-order valence-electron chi connectivity index (χ2n) is 3.12. The predicted octanol–water partition coefficient (Wildman–Crippen LogP) is 3.55. The van der Waals surface area contributed by atoms with Crippen molar-refractivity contribution in [1.82, 2.24) is 0 Å². The van der Waals surface area contributed by atoms with E-state index < -0.39 is 0 Å². The monoisotopic (exact) mass is 257 g/mol. The Morgan fingerprint density at radius 2 is 2.29 bits per heavy atom. The zero-order valence-electron chi connectivity index (χ0n) is 7.84. The number of halogens is 2. The summed E-state index contributed by atoms with van der Waals surface area (Å²) < 4.78 is 13.6. The number of hydrogen-bond donors (Lipinski definition) is 1. The molecule has 0 radical (unpaired) electrons. The molecule has 0 amide bonds. The van der Waals surface area contributed by atoms with Gasteiger partial charge in [0.2, 0.25) is 0 Å². The fraction of sp³-hybridized carbons (Fsp3) is 0.273. The highest BCUT2D eigenvalue weighted by Gasteiger charge is 2.11. The molecular weight excluding hydrogens is 245 g/mol. The van der Waals surface area contributed by atoms with E-state index in [2.05, 4.69) is 22.5 Å². The van der Waals surface area contributed by atoms with Crippen molar-refractivity contribution in [2.24, 2.45) is 5.73 Å². The van der Waals surface area contributed by atoms with E-state index >= 15 is 0 Å². The Morgan fingerprint density at radius 1 is 1.57 bits per heavy atom. The zero-order valence-corrected chi connectivity index (χ0v) is 9.43. The van der Waals surface area contributed by atoms with Crippen LogP contribution in [0.4, 0.5) is 4.39 Å². The van der Waals surface area contributed by atoms with Crippen LogP contribution in [-0.4, -0.2) is 0 Å². The Hall–Kier alpha value is -0.670. The van der Waals surface area contributed by atoms with E-state index in [0.29, 0.717) is 4.47 Å². The minimum atomic E-state index is -0.267. The maximum Gasteiger partial charge on any atom is 0.137 e. The van der Waals surface area contributed by atoms with E-state index in [1.165, 1.54) is 6.07 Å². The minimum Gasteiger partial charge on any atom is -0.324 e. The molecule has 0 aliphatic heterocycles. The summed E-state index contributed by atoms with van der Waals surface area (Å²) in [4.78, 5) is 0. The number of nitrogens with two attached hydrogens (primary N) is 1. The van der Waals surface area contributed by atoms with Gasteiger partial charge in [0.25, 0.3) is 0 Å². The van der Waals surface area contributed by atoms with Gasteiger partial charge < -0.3 is 5.73 Å². The highest BCUT2D eigenvalue weighted by Crippen LogP contribution is 2.27. The highest BCUT2D eigenvalue weighted by molar-refractivity contribution is 9.10. The molecule has 3 heteroatoms. The first kappa shape index (κ1) is 11.4. The molecule has 1 aromatic rings. The topological polar surface area (TPSA) is 26.0 Å². The van der Waals surface area contributed by atoms with Crippen molar-refractivity contribution in [3.05, 3.63) is 46.7 Å². The Bertz CT molecular complexity index is 325. The van der Waals surface area contributed by atoms with Crippen LogP contribution in [0, 0.1) is 5.82 Å². The second-order valence-corrected chi connectivity index (χ2v) is 3.91. The molecule has 0 aliphatic carbocycles. The summed E-state index contributed by atoms with van der Waals surface area (Å²) in [5.41, 5.74) is 6.72. The van der Waals surface area contributed by atoms with E-state index in [1.54, 1.807) is 6.07 Å².